The molecule has 0 saturated carbocycles. The summed E-state index contributed by atoms with van der Waals surface area (Å²) in [6, 6.07) is 3.93. The van der Waals surface area contributed by atoms with E-state index in [-0.39, 0.29) is 22.9 Å². The second kappa shape index (κ2) is 7.18. The van der Waals surface area contributed by atoms with Crippen LogP contribution in [0.3, 0.4) is 0 Å². The molecular weight excluding hydrogens is 406 g/mol. The fourth-order valence-electron chi connectivity index (χ4n) is 2.65. The molecule has 0 fully saturated rings. The fourth-order valence-corrected chi connectivity index (χ4v) is 2.65. The summed E-state index contributed by atoms with van der Waals surface area (Å²) in [7, 11) is 0. The van der Waals surface area contributed by atoms with E-state index in [1.165, 1.54) is 24.5 Å². The first-order valence-corrected chi connectivity index (χ1v) is 7.82. The Bertz CT molecular complexity index is 1010. The van der Waals surface area contributed by atoms with Gasteiger partial charge >= 0.3 is 18.3 Å². The molecule has 0 saturated heterocycles. The maximum absolute atomic E-state index is 13.0. The van der Waals surface area contributed by atoms with Crippen LogP contribution >= 0.6 is 0 Å². The van der Waals surface area contributed by atoms with Crippen LogP contribution in [0.25, 0.3) is 11.3 Å². The zero-order chi connectivity index (χ0) is 21.4. The van der Waals surface area contributed by atoms with E-state index in [0.29, 0.717) is 12.1 Å². The highest BCUT2D eigenvalue weighted by atomic mass is 19.4. The predicted molar refractivity (Wildman–Crippen MR) is 85.8 cm³/mol. The molecule has 3 aromatic rings. The number of hydrogen-bond acceptors (Lipinski definition) is 4. The lowest BCUT2D eigenvalue weighted by molar-refractivity contribution is -0.143. The molecule has 0 atom stereocenters. The zero-order valence-corrected chi connectivity index (χ0v) is 14.2. The third-order valence-corrected chi connectivity index (χ3v) is 3.87. The highest BCUT2D eigenvalue weighted by Crippen LogP contribution is 2.36. The number of nitrogens with zero attached hydrogens (tertiary/aromatic N) is 4. The number of pyridine rings is 1. The molecule has 1 N–H and O–H groups in total. The second-order valence-electron chi connectivity index (χ2n) is 5.90. The van der Waals surface area contributed by atoms with Crippen molar-refractivity contribution < 1.29 is 36.2 Å². The summed E-state index contributed by atoms with van der Waals surface area (Å²) in [5, 5.41) is 16.4. The van der Waals surface area contributed by atoms with Crippen molar-refractivity contribution in [2.45, 2.75) is 18.9 Å². The van der Waals surface area contributed by atoms with E-state index >= 15 is 0 Å². The van der Waals surface area contributed by atoms with E-state index in [1.54, 1.807) is 0 Å². The third kappa shape index (κ3) is 4.36. The molecule has 0 amide bonds. The van der Waals surface area contributed by atoms with E-state index in [4.69, 9.17) is 0 Å². The van der Waals surface area contributed by atoms with Gasteiger partial charge in [0.05, 0.1) is 17.7 Å². The Hall–Kier alpha value is -3.44. The van der Waals surface area contributed by atoms with Gasteiger partial charge < -0.3 is 5.11 Å². The molecule has 2 aromatic heterocycles. The first kappa shape index (κ1) is 20.3. The average molecular weight is 416 g/mol. The SMILES string of the molecule is O=C(O)c1nnn(Cc2cc(C(F)(F)F)cc(C(F)(F)F)c2)c1-c1ccncc1. The molecule has 12 heteroatoms. The number of alkyl halides is 6. The van der Waals surface area contributed by atoms with Crippen LogP contribution in [0, 0.1) is 0 Å². The van der Waals surface area contributed by atoms with Crippen LogP contribution in [0.2, 0.25) is 0 Å². The predicted octanol–water partition coefficient (Wildman–Crippen LogP) is 4.12. The lowest BCUT2D eigenvalue weighted by Crippen LogP contribution is -2.13. The van der Waals surface area contributed by atoms with Gasteiger partial charge in [-0.2, -0.15) is 26.3 Å². The van der Waals surface area contributed by atoms with Gasteiger partial charge in [0, 0.05) is 18.0 Å². The van der Waals surface area contributed by atoms with E-state index < -0.39 is 41.7 Å². The minimum atomic E-state index is -5.00. The number of rotatable bonds is 4. The molecule has 3 rings (SSSR count). The lowest BCUT2D eigenvalue weighted by Gasteiger charge is -2.15. The van der Waals surface area contributed by atoms with Gasteiger partial charge in [0.15, 0.2) is 5.69 Å². The van der Waals surface area contributed by atoms with E-state index in [1.807, 2.05) is 0 Å². The molecule has 1 aromatic carbocycles. The first-order chi connectivity index (χ1) is 13.5. The number of aromatic nitrogens is 4. The number of halogens is 6. The molecule has 0 aliphatic rings. The number of hydrogen-bond donors (Lipinski definition) is 1. The molecule has 0 radical (unpaired) electrons. The van der Waals surface area contributed by atoms with Crippen LogP contribution < -0.4 is 0 Å². The van der Waals surface area contributed by atoms with Gasteiger partial charge in [-0.25, -0.2) is 9.48 Å². The third-order valence-electron chi connectivity index (χ3n) is 3.87. The number of carboxylic acid groups (broad SMARTS) is 1. The topological polar surface area (TPSA) is 80.9 Å². The summed E-state index contributed by atoms with van der Waals surface area (Å²) in [5.74, 6) is -1.46. The first-order valence-electron chi connectivity index (χ1n) is 7.82. The van der Waals surface area contributed by atoms with Crippen LogP contribution in [-0.4, -0.2) is 31.1 Å². The van der Waals surface area contributed by atoms with E-state index in [9.17, 15) is 36.2 Å². The van der Waals surface area contributed by atoms with Gasteiger partial charge in [0.1, 0.15) is 5.69 Å². The Morgan fingerprint density at radius 1 is 0.966 bits per heavy atom. The summed E-state index contributed by atoms with van der Waals surface area (Å²) in [5.41, 5.74) is -3.63. The highest BCUT2D eigenvalue weighted by Gasteiger charge is 2.37. The minimum Gasteiger partial charge on any atom is -0.476 e. The molecule has 0 unspecified atom stereocenters. The number of aromatic carboxylic acids is 1. The van der Waals surface area contributed by atoms with Gasteiger partial charge in [0.25, 0.3) is 0 Å². The highest BCUT2D eigenvalue weighted by molar-refractivity contribution is 5.92. The van der Waals surface area contributed by atoms with Crippen LogP contribution in [0.15, 0.2) is 42.7 Å². The number of benzene rings is 1. The standard InChI is InChI=1S/C17H10F6N4O2/c18-16(19,20)11-5-9(6-12(7-11)17(21,22)23)8-27-14(10-1-3-24-4-2-10)13(15(28)29)25-26-27/h1-7H,8H2,(H,28,29). The van der Waals surface area contributed by atoms with Crippen molar-refractivity contribution in [2.75, 3.05) is 0 Å². The maximum atomic E-state index is 13.0. The Morgan fingerprint density at radius 2 is 1.52 bits per heavy atom. The Morgan fingerprint density at radius 3 is 2.00 bits per heavy atom. The van der Waals surface area contributed by atoms with Crippen molar-refractivity contribution in [3.8, 4) is 11.3 Å². The molecule has 152 valence electrons. The number of carboxylic acids is 1. The molecule has 2 heterocycles. The van der Waals surface area contributed by atoms with Crippen molar-refractivity contribution in [1.29, 1.82) is 0 Å². The van der Waals surface area contributed by atoms with Gasteiger partial charge in [-0.3, -0.25) is 4.98 Å². The summed E-state index contributed by atoms with van der Waals surface area (Å²) in [6.45, 7) is -0.565. The Labute approximate surface area is 158 Å². The summed E-state index contributed by atoms with van der Waals surface area (Å²) >= 11 is 0. The summed E-state index contributed by atoms with van der Waals surface area (Å²) in [6.07, 6.45) is -7.33. The Balaban J connectivity index is 2.12. The van der Waals surface area contributed by atoms with Crippen molar-refractivity contribution in [3.05, 3.63) is 65.1 Å². The summed E-state index contributed by atoms with van der Waals surface area (Å²) in [4.78, 5) is 15.2. The lowest BCUT2D eigenvalue weighted by atomic mass is 10.0. The van der Waals surface area contributed by atoms with E-state index in [2.05, 4.69) is 15.3 Å². The van der Waals surface area contributed by atoms with Crippen molar-refractivity contribution in [3.63, 3.8) is 0 Å². The molecule has 0 bridgehead atoms. The van der Waals surface area contributed by atoms with Gasteiger partial charge in [-0.1, -0.05) is 5.21 Å². The molecule has 6 nitrogen and oxygen atoms in total. The minimum absolute atomic E-state index is 0.0112. The second-order valence-corrected chi connectivity index (χ2v) is 5.90. The molecule has 0 spiro atoms. The average Bonchev–Trinajstić information content (AvgIpc) is 3.04. The summed E-state index contributed by atoms with van der Waals surface area (Å²) < 4.78 is 79.2. The quantitative estimate of drug-likeness (QED) is 0.647. The number of carbonyl (C=O) groups is 1. The van der Waals surface area contributed by atoms with Gasteiger partial charge in [-0.05, 0) is 35.9 Å². The van der Waals surface area contributed by atoms with E-state index in [0.717, 1.165) is 4.68 Å². The Kier molecular flexibility index (Phi) is 5.03. The van der Waals surface area contributed by atoms with Crippen LogP contribution in [0.5, 0.6) is 0 Å². The van der Waals surface area contributed by atoms with Gasteiger partial charge in [0.2, 0.25) is 0 Å². The molecule has 29 heavy (non-hydrogen) atoms. The fraction of sp³-hybridized carbons (Fsp3) is 0.176. The van der Waals surface area contributed by atoms with Crippen molar-refractivity contribution in [2.24, 2.45) is 0 Å². The smallest absolute Gasteiger partial charge is 0.416 e. The zero-order valence-electron chi connectivity index (χ0n) is 14.2. The molecule has 0 aliphatic carbocycles. The monoisotopic (exact) mass is 416 g/mol. The van der Waals surface area contributed by atoms with Gasteiger partial charge in [-0.15, -0.1) is 5.10 Å². The van der Waals surface area contributed by atoms with Crippen molar-refractivity contribution in [1.82, 2.24) is 20.0 Å². The maximum Gasteiger partial charge on any atom is 0.416 e. The largest absolute Gasteiger partial charge is 0.476 e. The normalized spacial score (nSPS) is 12.2. The molecule has 0 aliphatic heterocycles. The van der Waals surface area contributed by atoms with Crippen LogP contribution in [-0.2, 0) is 18.9 Å². The molecular formula is C17H10F6N4O2. The van der Waals surface area contributed by atoms with Crippen molar-refractivity contribution >= 4 is 5.97 Å². The van der Waals surface area contributed by atoms with Crippen LogP contribution in [0.1, 0.15) is 27.2 Å². The van der Waals surface area contributed by atoms with Crippen LogP contribution in [0.4, 0.5) is 26.3 Å².